The molecule has 5 aliphatic heterocycles. The second-order valence-corrected chi connectivity index (χ2v) is 19.6. The van der Waals surface area contributed by atoms with Crippen molar-refractivity contribution in [1.29, 1.82) is 0 Å². The molecular weight excluding hydrogens is 985 g/mol. The van der Waals surface area contributed by atoms with Gasteiger partial charge in [0.1, 0.15) is 49.4 Å². The van der Waals surface area contributed by atoms with Gasteiger partial charge in [0.2, 0.25) is 0 Å². The van der Waals surface area contributed by atoms with E-state index in [0.29, 0.717) is 88.4 Å². The predicted octanol–water partition coefficient (Wildman–Crippen LogP) is 12.3. The maximum absolute atomic E-state index is 14.3. The lowest BCUT2D eigenvalue weighted by molar-refractivity contribution is -0.142. The van der Waals surface area contributed by atoms with Gasteiger partial charge in [-0.15, -0.1) is 0 Å². The third kappa shape index (κ3) is 13.4. The van der Waals surface area contributed by atoms with Crippen LogP contribution in [0.15, 0.2) is 193 Å². The summed E-state index contributed by atoms with van der Waals surface area (Å²) < 4.78 is 61.1. The fraction of sp³-hybridized carbons (Fsp3) is 0.364. The van der Waals surface area contributed by atoms with Crippen molar-refractivity contribution in [3.63, 3.8) is 0 Å². The topological polar surface area (TPSA) is 126 Å². The van der Waals surface area contributed by atoms with Gasteiger partial charge in [-0.05, 0) is 62.1 Å². The van der Waals surface area contributed by atoms with Gasteiger partial charge in [-0.25, -0.2) is 9.59 Å². The highest BCUT2D eigenvalue weighted by Gasteiger charge is 2.55. The number of hydrogen-bond acceptors (Lipinski definition) is 12. The quantitative estimate of drug-likeness (QED) is 0.156. The van der Waals surface area contributed by atoms with Crippen LogP contribution in [0, 0.1) is 11.8 Å². The van der Waals surface area contributed by atoms with Crippen LogP contribution in [0.2, 0.25) is 0 Å². The van der Waals surface area contributed by atoms with Crippen molar-refractivity contribution in [3.8, 4) is 22.6 Å². The molecular formula is C66H72O12. The Balaban J connectivity index is 0.909. The van der Waals surface area contributed by atoms with Gasteiger partial charge in [0.05, 0.1) is 64.0 Å². The summed E-state index contributed by atoms with van der Waals surface area (Å²) in [6, 6.07) is 56.6. The standard InChI is InChI=1S/C66H72O12/c1-49-61-59(65(77-49,53-19-9-5-10-20-53)54-21-11-6-12-22-54)27-17-3-4-18-28-60-62(50(2)78-66(60,55-23-13-7-14-24-55)56-25-15-8-16-26-56)64(68)76-48-44-72-40-38-70-42-46-74-58-35-31-52(32-36-58)51-29-33-57(34-30-51)73-45-41-69-37-39-71-43-47-75-63(61)67/h5-16,19-26,29-36,59-60H,3-4,17-18,27-28,37-48H2,1-2H3. The lowest BCUT2D eigenvalue weighted by Gasteiger charge is -2.37. The van der Waals surface area contributed by atoms with E-state index in [0.717, 1.165) is 70.6 Å². The zero-order chi connectivity index (χ0) is 53.8. The van der Waals surface area contributed by atoms with E-state index < -0.39 is 23.1 Å². The van der Waals surface area contributed by atoms with Crippen LogP contribution in [0.5, 0.6) is 11.5 Å². The molecule has 0 N–H and O–H groups in total. The lowest BCUT2D eigenvalue weighted by atomic mass is 9.71. The number of carbonyl (C=O) groups excluding carboxylic acids is 2. The van der Waals surface area contributed by atoms with Gasteiger partial charge in [0.25, 0.3) is 0 Å². The van der Waals surface area contributed by atoms with Crippen molar-refractivity contribution in [3.05, 3.63) is 215 Å². The maximum Gasteiger partial charge on any atom is 0.337 e. The minimum absolute atomic E-state index is 0.0774. The summed E-state index contributed by atoms with van der Waals surface area (Å²) in [6.07, 6.45) is 4.67. The molecule has 408 valence electrons. The van der Waals surface area contributed by atoms with Gasteiger partial charge in [0.15, 0.2) is 11.2 Å². The van der Waals surface area contributed by atoms with E-state index in [1.807, 2.05) is 135 Å². The Hall–Kier alpha value is -7.22. The average Bonchev–Trinajstić information content (AvgIpc) is 3.98. The molecule has 0 aliphatic carbocycles. The molecule has 2 unspecified atom stereocenters. The number of allylic oxidation sites excluding steroid dienone is 2. The summed E-state index contributed by atoms with van der Waals surface area (Å²) in [5.74, 6) is 1.07. The molecule has 0 aromatic heterocycles. The van der Waals surface area contributed by atoms with Crippen molar-refractivity contribution >= 4 is 11.9 Å². The summed E-state index contributed by atoms with van der Waals surface area (Å²) in [7, 11) is 0. The third-order valence-electron chi connectivity index (χ3n) is 14.8. The summed E-state index contributed by atoms with van der Waals surface area (Å²) in [5, 5.41) is 0. The molecule has 0 radical (unpaired) electrons. The van der Waals surface area contributed by atoms with Gasteiger partial charge < -0.3 is 47.4 Å². The molecule has 0 saturated heterocycles. The van der Waals surface area contributed by atoms with Crippen LogP contribution in [-0.4, -0.2) is 91.2 Å². The van der Waals surface area contributed by atoms with E-state index in [4.69, 9.17) is 47.4 Å². The molecule has 11 rings (SSSR count). The van der Waals surface area contributed by atoms with Crippen molar-refractivity contribution < 1.29 is 57.0 Å². The number of fused-ring (bicyclic) bond motifs is 2. The summed E-state index contributed by atoms with van der Waals surface area (Å²) in [4.78, 5) is 28.7. The first-order chi connectivity index (χ1) is 38.4. The fourth-order valence-corrected chi connectivity index (χ4v) is 11.2. The van der Waals surface area contributed by atoms with Crippen LogP contribution < -0.4 is 9.47 Å². The molecule has 0 fully saturated rings. The summed E-state index contributed by atoms with van der Waals surface area (Å²) >= 11 is 0. The Morgan fingerprint density at radius 1 is 0.333 bits per heavy atom. The first kappa shape index (κ1) is 55.5. The van der Waals surface area contributed by atoms with Crippen molar-refractivity contribution in [2.45, 2.75) is 63.6 Å². The molecule has 5 aliphatic rings. The molecule has 4 bridgehead atoms. The van der Waals surface area contributed by atoms with Crippen LogP contribution in [0.1, 0.15) is 74.6 Å². The molecule has 5 heterocycles. The van der Waals surface area contributed by atoms with E-state index in [1.165, 1.54) is 0 Å². The molecule has 0 saturated carbocycles. The van der Waals surface area contributed by atoms with Gasteiger partial charge in [-0.3, -0.25) is 0 Å². The van der Waals surface area contributed by atoms with E-state index >= 15 is 0 Å². The first-order valence-corrected chi connectivity index (χ1v) is 27.5. The Bertz CT molecular complexity index is 2590. The van der Waals surface area contributed by atoms with Gasteiger partial charge in [0, 0.05) is 34.1 Å². The van der Waals surface area contributed by atoms with E-state index in [1.54, 1.807) is 0 Å². The minimum atomic E-state index is -0.959. The number of hydrogen-bond donors (Lipinski definition) is 0. The SMILES string of the molecule is CC1=C2C(=O)OCCOCCOCCOc3ccc(cc3)-c3ccc(cc3)OCCOCCOCCOC(=O)C3=C(C)OC(c4ccccc4)(c4ccccc4)C3CCCCCCC2C(c2ccccc2)(c2ccccc2)O1. The Kier molecular flexibility index (Phi) is 19.9. The van der Waals surface area contributed by atoms with Crippen LogP contribution >= 0.6 is 0 Å². The molecule has 12 nitrogen and oxygen atoms in total. The van der Waals surface area contributed by atoms with Crippen LogP contribution in [0.3, 0.4) is 0 Å². The normalized spacial score (nSPS) is 20.8. The molecule has 0 amide bonds. The van der Waals surface area contributed by atoms with Crippen molar-refractivity contribution in [1.82, 2.24) is 0 Å². The van der Waals surface area contributed by atoms with Crippen LogP contribution in [-0.2, 0) is 58.7 Å². The van der Waals surface area contributed by atoms with Gasteiger partial charge in [-0.2, -0.15) is 0 Å². The van der Waals surface area contributed by atoms with Gasteiger partial charge >= 0.3 is 11.9 Å². The Morgan fingerprint density at radius 3 is 0.923 bits per heavy atom. The number of carbonyl (C=O) groups is 2. The zero-order valence-electron chi connectivity index (χ0n) is 44.9. The first-order valence-electron chi connectivity index (χ1n) is 27.5. The summed E-state index contributed by atoms with van der Waals surface area (Å²) in [6.45, 7) is 7.32. The number of esters is 2. The monoisotopic (exact) mass is 1060 g/mol. The molecule has 2 atom stereocenters. The largest absolute Gasteiger partial charge is 0.491 e. The third-order valence-corrected chi connectivity index (χ3v) is 14.8. The smallest absolute Gasteiger partial charge is 0.337 e. The molecule has 6 aromatic rings. The highest BCUT2D eigenvalue weighted by molar-refractivity contribution is 5.91. The van der Waals surface area contributed by atoms with Crippen molar-refractivity contribution in [2.75, 3.05) is 79.3 Å². The lowest BCUT2D eigenvalue weighted by Crippen LogP contribution is -2.37. The van der Waals surface area contributed by atoms with Crippen LogP contribution in [0.25, 0.3) is 11.1 Å². The second kappa shape index (κ2) is 27.9. The molecule has 12 heteroatoms. The average molecular weight is 1060 g/mol. The van der Waals surface area contributed by atoms with E-state index in [-0.39, 0.29) is 38.3 Å². The van der Waals surface area contributed by atoms with E-state index in [9.17, 15) is 9.59 Å². The predicted molar refractivity (Wildman–Crippen MR) is 298 cm³/mol. The van der Waals surface area contributed by atoms with Crippen molar-refractivity contribution in [2.24, 2.45) is 11.8 Å². The highest BCUT2D eigenvalue weighted by atomic mass is 16.6. The zero-order valence-corrected chi connectivity index (χ0v) is 44.9. The number of benzene rings is 6. The van der Waals surface area contributed by atoms with E-state index in [2.05, 4.69) is 48.5 Å². The minimum Gasteiger partial charge on any atom is -0.491 e. The highest BCUT2D eigenvalue weighted by Crippen LogP contribution is 2.55. The molecule has 78 heavy (non-hydrogen) atoms. The number of rotatable bonds is 4. The van der Waals surface area contributed by atoms with Crippen LogP contribution in [0.4, 0.5) is 0 Å². The van der Waals surface area contributed by atoms with Gasteiger partial charge in [-0.1, -0.05) is 171 Å². The second-order valence-electron chi connectivity index (χ2n) is 19.6. The Labute approximate surface area is 459 Å². The maximum atomic E-state index is 14.3. The fourth-order valence-electron chi connectivity index (χ4n) is 11.2. The molecule has 6 aromatic carbocycles. The molecule has 0 spiro atoms. The Morgan fingerprint density at radius 2 is 0.615 bits per heavy atom. The summed E-state index contributed by atoms with van der Waals surface area (Å²) in [5.41, 5.74) is 5.11. The number of ether oxygens (including phenoxy) is 10.